The van der Waals surface area contributed by atoms with Gasteiger partial charge in [0.15, 0.2) is 0 Å². The molecule has 1 aliphatic carbocycles. The van der Waals surface area contributed by atoms with Crippen molar-refractivity contribution in [2.45, 2.75) is 25.7 Å². The Morgan fingerprint density at radius 2 is 1.80 bits per heavy atom. The fourth-order valence-electron chi connectivity index (χ4n) is 0.895. The molecule has 0 spiro atoms. The molecule has 2 heteroatoms. The minimum Gasteiger partial charge on any atom is -0.0882 e. The van der Waals surface area contributed by atoms with Crippen molar-refractivity contribution in [1.29, 1.82) is 0 Å². The van der Waals surface area contributed by atoms with Gasteiger partial charge in [-0.05, 0) is 51.9 Å². The third-order valence-corrected chi connectivity index (χ3v) is 2.40. The van der Waals surface area contributed by atoms with Gasteiger partial charge in [0.05, 0.1) is 0 Å². The van der Waals surface area contributed by atoms with Gasteiger partial charge in [0.25, 0.3) is 0 Å². The quantitative estimate of drug-likeness (QED) is 0.412. The second-order valence-electron chi connectivity index (χ2n) is 2.24. The molecule has 0 N–H and O–H groups in total. The van der Waals surface area contributed by atoms with Crippen LogP contribution >= 0.6 is 22.6 Å². The Balaban J connectivity index is 0.000000810. The van der Waals surface area contributed by atoms with E-state index in [0.29, 0.717) is 0 Å². The zero-order valence-corrected chi connectivity index (χ0v) is 10.3. The molecule has 0 bridgehead atoms. The molecule has 0 radical (unpaired) electrons. The van der Waals surface area contributed by atoms with E-state index in [1.54, 1.807) is 0 Å². The van der Waals surface area contributed by atoms with Crippen molar-refractivity contribution in [3.63, 3.8) is 0 Å². The van der Waals surface area contributed by atoms with E-state index in [-0.39, 0.29) is 20.1 Å². The van der Waals surface area contributed by atoms with Crippen LogP contribution in [0.25, 0.3) is 0 Å². The van der Waals surface area contributed by atoms with Crippen LogP contribution in [-0.2, 0) is 20.1 Å². The number of hydrogen-bond donors (Lipinski definition) is 0. The molecule has 0 amide bonds. The van der Waals surface area contributed by atoms with E-state index in [0.717, 1.165) is 0 Å². The van der Waals surface area contributed by atoms with Crippen molar-refractivity contribution in [2.24, 2.45) is 0 Å². The van der Waals surface area contributed by atoms with E-state index in [2.05, 4.69) is 40.8 Å². The van der Waals surface area contributed by atoms with Crippen LogP contribution in [0.3, 0.4) is 0 Å². The molecule has 0 heterocycles. The standard InChI is InChI=1S/C8H11I.Ir/c9-8-6-4-2-1-3-5-7-8;/h1-2,7H,3-6H2;/q;+1. The molecule has 0 nitrogen and oxygen atoms in total. The molecule has 0 unspecified atom stereocenters. The van der Waals surface area contributed by atoms with Crippen molar-refractivity contribution in [3.05, 3.63) is 21.8 Å². The van der Waals surface area contributed by atoms with Gasteiger partial charge in [0, 0.05) is 0 Å². The smallest absolute Gasteiger partial charge is 0.0882 e. The Morgan fingerprint density at radius 1 is 1.10 bits per heavy atom. The maximum atomic E-state index is 2.43. The van der Waals surface area contributed by atoms with E-state index in [4.69, 9.17) is 0 Å². The van der Waals surface area contributed by atoms with Gasteiger partial charge in [-0.3, -0.25) is 0 Å². The van der Waals surface area contributed by atoms with E-state index in [1.807, 2.05) is 0 Å². The summed E-state index contributed by atoms with van der Waals surface area (Å²) >= 11 is 2.43. The number of rotatable bonds is 0. The molecule has 0 saturated heterocycles. The van der Waals surface area contributed by atoms with E-state index < -0.39 is 0 Å². The largest absolute Gasteiger partial charge is 1.00 e. The molecule has 0 atom stereocenters. The second kappa shape index (κ2) is 6.56. The predicted molar refractivity (Wildman–Crippen MR) is 49.7 cm³/mol. The van der Waals surface area contributed by atoms with Crippen LogP contribution < -0.4 is 0 Å². The van der Waals surface area contributed by atoms with Crippen molar-refractivity contribution < 1.29 is 20.1 Å². The Kier molecular flexibility index (Phi) is 7.13. The van der Waals surface area contributed by atoms with Gasteiger partial charge in [0.2, 0.25) is 0 Å². The van der Waals surface area contributed by atoms with Crippen LogP contribution in [0.4, 0.5) is 0 Å². The van der Waals surface area contributed by atoms with E-state index in [9.17, 15) is 0 Å². The SMILES string of the molecule is IC1=CCCC=CCC1.[Ir+]. The van der Waals surface area contributed by atoms with Crippen LogP contribution in [-0.4, -0.2) is 0 Å². The summed E-state index contributed by atoms with van der Waals surface area (Å²) < 4.78 is 1.52. The van der Waals surface area contributed by atoms with Gasteiger partial charge in [0.1, 0.15) is 0 Å². The van der Waals surface area contributed by atoms with Gasteiger partial charge in [-0.2, -0.15) is 0 Å². The van der Waals surface area contributed by atoms with Crippen LogP contribution in [0.15, 0.2) is 21.8 Å². The Bertz CT molecular complexity index is 138. The third kappa shape index (κ3) is 4.64. The number of hydrogen-bond acceptors (Lipinski definition) is 0. The molecule has 0 saturated carbocycles. The van der Waals surface area contributed by atoms with E-state index >= 15 is 0 Å². The Hall–Kier alpha value is 0.859. The molecule has 58 valence electrons. The molecular formula is C8H11IIr+. The minimum atomic E-state index is 0. The first kappa shape index (κ1) is 10.9. The summed E-state index contributed by atoms with van der Waals surface area (Å²) in [5, 5.41) is 0. The average Bonchev–Trinajstić information content (AvgIpc) is 1.79. The molecule has 0 aliphatic heterocycles. The molecule has 10 heavy (non-hydrogen) atoms. The summed E-state index contributed by atoms with van der Waals surface area (Å²) in [5.74, 6) is 0. The first-order valence-corrected chi connectivity index (χ1v) is 4.47. The summed E-state index contributed by atoms with van der Waals surface area (Å²) in [6.07, 6.45) is 11.8. The summed E-state index contributed by atoms with van der Waals surface area (Å²) in [5.41, 5.74) is 0. The number of allylic oxidation sites excluding steroid dienone is 4. The molecule has 0 aromatic heterocycles. The fraction of sp³-hybridized carbons (Fsp3) is 0.500. The molecule has 0 aromatic carbocycles. The molecule has 1 rings (SSSR count). The minimum absolute atomic E-state index is 0. The zero-order valence-electron chi connectivity index (χ0n) is 5.77. The third-order valence-electron chi connectivity index (χ3n) is 1.42. The Morgan fingerprint density at radius 3 is 2.60 bits per heavy atom. The van der Waals surface area contributed by atoms with Gasteiger partial charge in [-0.15, -0.1) is 0 Å². The van der Waals surface area contributed by atoms with Crippen LogP contribution in [0.5, 0.6) is 0 Å². The van der Waals surface area contributed by atoms with Crippen molar-refractivity contribution >= 4 is 22.6 Å². The summed E-state index contributed by atoms with van der Waals surface area (Å²) in [7, 11) is 0. The maximum absolute atomic E-state index is 2.43. The van der Waals surface area contributed by atoms with Gasteiger partial charge < -0.3 is 0 Å². The van der Waals surface area contributed by atoms with Crippen molar-refractivity contribution in [3.8, 4) is 0 Å². The molecule has 0 fully saturated rings. The zero-order chi connectivity index (χ0) is 6.53. The topological polar surface area (TPSA) is 0 Å². The van der Waals surface area contributed by atoms with E-state index in [1.165, 1.54) is 29.3 Å². The predicted octanol–water partition coefficient (Wildman–Crippen LogP) is 3.43. The summed E-state index contributed by atoms with van der Waals surface area (Å²) in [6, 6.07) is 0. The average molecular weight is 426 g/mol. The summed E-state index contributed by atoms with van der Waals surface area (Å²) in [6.45, 7) is 0. The summed E-state index contributed by atoms with van der Waals surface area (Å²) in [4.78, 5) is 0. The monoisotopic (exact) mass is 427 g/mol. The maximum Gasteiger partial charge on any atom is 1.00 e. The first-order valence-electron chi connectivity index (χ1n) is 3.39. The molecule has 1 aliphatic rings. The molecular weight excluding hydrogens is 415 g/mol. The molecule has 0 aromatic rings. The van der Waals surface area contributed by atoms with Crippen molar-refractivity contribution in [1.82, 2.24) is 0 Å². The first-order chi connectivity index (χ1) is 4.39. The second-order valence-corrected chi connectivity index (χ2v) is 3.62. The van der Waals surface area contributed by atoms with Crippen molar-refractivity contribution in [2.75, 3.05) is 0 Å². The fourth-order valence-corrected chi connectivity index (χ4v) is 1.52. The van der Waals surface area contributed by atoms with Gasteiger partial charge in [-0.1, -0.05) is 18.2 Å². The van der Waals surface area contributed by atoms with Crippen LogP contribution in [0.2, 0.25) is 0 Å². The van der Waals surface area contributed by atoms with Crippen LogP contribution in [0, 0.1) is 0 Å². The van der Waals surface area contributed by atoms with Gasteiger partial charge in [-0.25, -0.2) is 0 Å². The Labute approximate surface area is 89.6 Å². The normalized spacial score (nSPS) is 18.3. The van der Waals surface area contributed by atoms with Gasteiger partial charge >= 0.3 is 20.1 Å². The number of halogens is 1. The van der Waals surface area contributed by atoms with Crippen LogP contribution in [0.1, 0.15) is 25.7 Å².